The third kappa shape index (κ3) is 4.15. The van der Waals surface area contributed by atoms with Gasteiger partial charge in [-0.25, -0.2) is 0 Å². The third-order valence-electron chi connectivity index (χ3n) is 4.23. The summed E-state index contributed by atoms with van der Waals surface area (Å²) in [7, 11) is 0. The minimum absolute atomic E-state index is 0.229. The Bertz CT molecular complexity index is 1080. The number of benzene rings is 1. The van der Waals surface area contributed by atoms with Gasteiger partial charge in [0.2, 0.25) is 0 Å². The number of furan rings is 1. The summed E-state index contributed by atoms with van der Waals surface area (Å²) >= 11 is 5.92. The lowest BCUT2D eigenvalue weighted by molar-refractivity contribution is 0.0994. The van der Waals surface area contributed by atoms with Crippen LogP contribution in [0.4, 0.5) is 5.82 Å². The maximum absolute atomic E-state index is 12.5. The van der Waals surface area contributed by atoms with Gasteiger partial charge < -0.3 is 9.73 Å². The molecule has 0 aliphatic heterocycles. The molecule has 0 fully saturated rings. The SMILES string of the molecule is Cc1cc(NC(=O)c2ccc(Cn3cccn3)o2)nn1Cc1ccc(Cl)cc1. The van der Waals surface area contributed by atoms with E-state index in [1.165, 1.54) is 0 Å². The van der Waals surface area contributed by atoms with Crippen LogP contribution < -0.4 is 5.32 Å². The topological polar surface area (TPSA) is 77.9 Å². The Morgan fingerprint density at radius 3 is 2.75 bits per heavy atom. The van der Waals surface area contributed by atoms with E-state index in [0.717, 1.165) is 11.3 Å². The van der Waals surface area contributed by atoms with Gasteiger partial charge in [0, 0.05) is 29.2 Å². The molecule has 4 aromatic rings. The van der Waals surface area contributed by atoms with Crippen molar-refractivity contribution in [3.63, 3.8) is 0 Å². The Labute approximate surface area is 166 Å². The Hall–Kier alpha value is -3.32. The molecule has 0 aliphatic rings. The van der Waals surface area contributed by atoms with E-state index in [4.69, 9.17) is 16.0 Å². The van der Waals surface area contributed by atoms with E-state index < -0.39 is 0 Å². The molecule has 0 radical (unpaired) electrons. The van der Waals surface area contributed by atoms with Crippen LogP contribution >= 0.6 is 11.6 Å². The number of nitrogens with zero attached hydrogens (tertiary/aromatic N) is 4. The maximum Gasteiger partial charge on any atom is 0.292 e. The Balaban J connectivity index is 1.42. The molecule has 8 heteroatoms. The zero-order chi connectivity index (χ0) is 19.5. The van der Waals surface area contributed by atoms with Gasteiger partial charge in [0.1, 0.15) is 5.76 Å². The fourth-order valence-corrected chi connectivity index (χ4v) is 2.94. The second-order valence-corrected chi connectivity index (χ2v) is 6.82. The molecule has 0 spiro atoms. The number of carbonyl (C=O) groups excluding carboxylic acids is 1. The predicted octanol–water partition coefficient (Wildman–Crippen LogP) is 3.98. The predicted molar refractivity (Wildman–Crippen MR) is 106 cm³/mol. The number of carbonyl (C=O) groups is 1. The summed E-state index contributed by atoms with van der Waals surface area (Å²) in [6, 6.07) is 14.6. The molecule has 0 unspecified atom stereocenters. The molecule has 7 nitrogen and oxygen atoms in total. The van der Waals surface area contributed by atoms with Crippen molar-refractivity contribution in [3.8, 4) is 0 Å². The van der Waals surface area contributed by atoms with Crippen molar-refractivity contribution in [1.82, 2.24) is 19.6 Å². The molecule has 0 saturated heterocycles. The largest absolute Gasteiger partial charge is 0.454 e. The van der Waals surface area contributed by atoms with Gasteiger partial charge in [-0.1, -0.05) is 23.7 Å². The van der Waals surface area contributed by atoms with Crippen LogP contribution in [0.3, 0.4) is 0 Å². The van der Waals surface area contributed by atoms with E-state index in [1.807, 2.05) is 54.2 Å². The van der Waals surface area contributed by atoms with Crippen LogP contribution in [0.1, 0.15) is 27.6 Å². The standard InChI is InChI=1S/C20H18ClN5O2/c1-14-11-19(24-26(14)12-15-3-5-16(21)6-4-15)23-20(27)18-8-7-17(28-18)13-25-10-2-9-22-25/h2-11H,12-13H2,1H3,(H,23,24,27). The molecule has 0 bridgehead atoms. The molecule has 3 heterocycles. The summed E-state index contributed by atoms with van der Waals surface area (Å²) in [5, 5.41) is 12.0. The number of rotatable bonds is 6. The first-order chi connectivity index (χ1) is 13.6. The lowest BCUT2D eigenvalue weighted by atomic mass is 10.2. The number of halogens is 1. The Morgan fingerprint density at radius 2 is 2.00 bits per heavy atom. The van der Waals surface area contributed by atoms with Crippen molar-refractivity contribution in [3.05, 3.63) is 88.7 Å². The van der Waals surface area contributed by atoms with Crippen molar-refractivity contribution in [2.45, 2.75) is 20.0 Å². The zero-order valence-electron chi connectivity index (χ0n) is 15.2. The first kappa shape index (κ1) is 18.1. The van der Waals surface area contributed by atoms with Gasteiger partial charge in [0.15, 0.2) is 11.6 Å². The second kappa shape index (κ2) is 7.74. The van der Waals surface area contributed by atoms with Crippen molar-refractivity contribution in [2.75, 3.05) is 5.32 Å². The van der Waals surface area contributed by atoms with Crippen molar-refractivity contribution >= 4 is 23.3 Å². The monoisotopic (exact) mass is 395 g/mol. The van der Waals surface area contributed by atoms with Crippen molar-refractivity contribution in [2.24, 2.45) is 0 Å². The molecule has 0 atom stereocenters. The molecule has 0 saturated carbocycles. The number of nitrogens with one attached hydrogen (secondary N) is 1. The highest BCUT2D eigenvalue weighted by Crippen LogP contribution is 2.16. The Morgan fingerprint density at radius 1 is 1.18 bits per heavy atom. The van der Waals surface area contributed by atoms with Gasteiger partial charge in [0.05, 0.1) is 13.1 Å². The molecule has 1 N–H and O–H groups in total. The van der Waals surface area contributed by atoms with E-state index in [2.05, 4.69) is 15.5 Å². The van der Waals surface area contributed by atoms with Crippen LogP contribution in [0.2, 0.25) is 5.02 Å². The summed E-state index contributed by atoms with van der Waals surface area (Å²) in [5.74, 6) is 1.01. The molecule has 28 heavy (non-hydrogen) atoms. The van der Waals surface area contributed by atoms with E-state index in [-0.39, 0.29) is 11.7 Å². The number of aryl methyl sites for hydroxylation is 1. The molecule has 0 aliphatic carbocycles. The maximum atomic E-state index is 12.5. The molecular weight excluding hydrogens is 378 g/mol. The fourth-order valence-electron chi connectivity index (χ4n) is 2.81. The van der Waals surface area contributed by atoms with Crippen LogP contribution in [0.5, 0.6) is 0 Å². The average Bonchev–Trinajstić information content (AvgIpc) is 3.41. The highest BCUT2D eigenvalue weighted by molar-refractivity contribution is 6.30. The average molecular weight is 396 g/mol. The normalized spacial score (nSPS) is 10.9. The van der Waals surface area contributed by atoms with Gasteiger partial charge in [-0.05, 0) is 42.8 Å². The zero-order valence-corrected chi connectivity index (χ0v) is 15.9. The second-order valence-electron chi connectivity index (χ2n) is 6.38. The summed E-state index contributed by atoms with van der Waals surface area (Å²) in [6.45, 7) is 3.00. The molecule has 3 aromatic heterocycles. The van der Waals surface area contributed by atoms with E-state index in [0.29, 0.717) is 29.7 Å². The smallest absolute Gasteiger partial charge is 0.292 e. The van der Waals surface area contributed by atoms with Gasteiger partial charge in [0.25, 0.3) is 5.91 Å². The van der Waals surface area contributed by atoms with Gasteiger partial charge >= 0.3 is 0 Å². The van der Waals surface area contributed by atoms with Gasteiger partial charge in [-0.2, -0.15) is 10.2 Å². The van der Waals surface area contributed by atoms with Crippen LogP contribution in [-0.4, -0.2) is 25.5 Å². The first-order valence-electron chi connectivity index (χ1n) is 8.73. The third-order valence-corrected chi connectivity index (χ3v) is 4.48. The summed E-state index contributed by atoms with van der Waals surface area (Å²) < 4.78 is 9.16. The van der Waals surface area contributed by atoms with Crippen molar-refractivity contribution in [1.29, 1.82) is 0 Å². The first-order valence-corrected chi connectivity index (χ1v) is 9.11. The van der Waals surface area contributed by atoms with Crippen LogP contribution in [0, 0.1) is 6.92 Å². The van der Waals surface area contributed by atoms with Crippen LogP contribution in [0.25, 0.3) is 0 Å². The quantitative estimate of drug-likeness (QED) is 0.535. The highest BCUT2D eigenvalue weighted by atomic mass is 35.5. The number of hydrogen-bond donors (Lipinski definition) is 1. The van der Waals surface area contributed by atoms with Gasteiger partial charge in [-0.3, -0.25) is 14.2 Å². The summed E-state index contributed by atoms with van der Waals surface area (Å²) in [6.07, 6.45) is 3.53. The molecule has 4 rings (SSSR count). The fraction of sp³-hybridized carbons (Fsp3) is 0.150. The lowest BCUT2D eigenvalue weighted by Crippen LogP contribution is -2.12. The lowest BCUT2D eigenvalue weighted by Gasteiger charge is -2.04. The summed E-state index contributed by atoms with van der Waals surface area (Å²) in [5.41, 5.74) is 2.01. The van der Waals surface area contributed by atoms with E-state index in [9.17, 15) is 4.79 Å². The number of aromatic nitrogens is 4. The number of hydrogen-bond acceptors (Lipinski definition) is 4. The van der Waals surface area contributed by atoms with Crippen molar-refractivity contribution < 1.29 is 9.21 Å². The van der Waals surface area contributed by atoms with Crippen LogP contribution in [-0.2, 0) is 13.1 Å². The minimum Gasteiger partial charge on any atom is -0.454 e. The Kier molecular flexibility index (Phi) is 4.99. The minimum atomic E-state index is -0.345. The number of amides is 1. The molecule has 1 aromatic carbocycles. The van der Waals surface area contributed by atoms with E-state index >= 15 is 0 Å². The van der Waals surface area contributed by atoms with Crippen LogP contribution in [0.15, 0.2) is 65.3 Å². The molecule has 1 amide bonds. The molecular formula is C20H18ClN5O2. The van der Waals surface area contributed by atoms with Gasteiger partial charge in [-0.15, -0.1) is 0 Å². The molecule has 142 valence electrons. The number of anilines is 1. The highest BCUT2D eigenvalue weighted by Gasteiger charge is 2.14. The summed E-state index contributed by atoms with van der Waals surface area (Å²) in [4.78, 5) is 12.5. The van der Waals surface area contributed by atoms with E-state index in [1.54, 1.807) is 23.0 Å².